The van der Waals surface area contributed by atoms with Crippen LogP contribution in [0.2, 0.25) is 0 Å². The number of likely N-dealkylation sites (N-methyl/N-ethyl adjacent to an activating group) is 1. The first-order valence-electron chi connectivity index (χ1n) is 4.49. The Morgan fingerprint density at radius 2 is 2.29 bits per heavy atom. The normalized spacial score (nSPS) is 24.9. The molecule has 1 aliphatic heterocycles. The predicted molar refractivity (Wildman–Crippen MR) is 56.3 cm³/mol. The summed E-state index contributed by atoms with van der Waals surface area (Å²) in [5, 5.41) is 11.6. The third-order valence-corrected chi connectivity index (χ3v) is 2.46. The number of rotatable bonds is 1. The van der Waals surface area contributed by atoms with Crippen molar-refractivity contribution in [3.05, 3.63) is 47.7 Å². The van der Waals surface area contributed by atoms with Crippen LogP contribution >= 0.6 is 0 Å². The highest BCUT2D eigenvalue weighted by molar-refractivity contribution is 5.85. The maximum absolute atomic E-state index is 8.52. The van der Waals surface area contributed by atoms with Crippen molar-refractivity contribution in [3.63, 3.8) is 0 Å². The maximum Gasteiger partial charge on any atom is 0.0738 e. The largest absolute Gasteiger partial charge is 0.411 e. The van der Waals surface area contributed by atoms with Crippen LogP contribution in [0.5, 0.6) is 0 Å². The molecule has 1 unspecified atom stereocenters. The number of nitrogens with zero attached hydrogens (tertiary/aromatic N) is 2. The molecule has 72 valence electrons. The predicted octanol–water partition coefficient (Wildman–Crippen LogP) is 1.70. The highest BCUT2D eigenvalue weighted by atomic mass is 16.4. The molecule has 1 atom stereocenters. The monoisotopic (exact) mass is 188 g/mol. The van der Waals surface area contributed by atoms with E-state index >= 15 is 0 Å². The van der Waals surface area contributed by atoms with E-state index in [2.05, 4.69) is 16.1 Å². The van der Waals surface area contributed by atoms with Crippen LogP contribution in [-0.2, 0) is 0 Å². The van der Waals surface area contributed by atoms with Gasteiger partial charge in [0, 0.05) is 18.8 Å². The Hall–Kier alpha value is -1.77. The first-order chi connectivity index (χ1) is 6.83. The third kappa shape index (κ3) is 1.37. The Labute approximate surface area is 83.0 Å². The van der Waals surface area contributed by atoms with Crippen molar-refractivity contribution in [1.82, 2.24) is 4.90 Å². The molecule has 0 aromatic carbocycles. The summed E-state index contributed by atoms with van der Waals surface area (Å²) >= 11 is 0. The molecule has 0 radical (unpaired) electrons. The molecule has 0 aromatic heterocycles. The lowest BCUT2D eigenvalue weighted by Crippen LogP contribution is -2.30. The molecule has 3 nitrogen and oxygen atoms in total. The second-order valence-corrected chi connectivity index (χ2v) is 3.33. The van der Waals surface area contributed by atoms with Gasteiger partial charge in [0.05, 0.1) is 12.3 Å². The van der Waals surface area contributed by atoms with Gasteiger partial charge in [0.15, 0.2) is 0 Å². The van der Waals surface area contributed by atoms with Gasteiger partial charge in [-0.25, -0.2) is 0 Å². The van der Waals surface area contributed by atoms with Crippen LogP contribution in [0.25, 0.3) is 0 Å². The molecule has 3 heteroatoms. The lowest BCUT2D eigenvalue weighted by molar-refractivity contribution is 0.321. The molecule has 0 bridgehead atoms. The van der Waals surface area contributed by atoms with Gasteiger partial charge < -0.3 is 10.1 Å². The third-order valence-electron chi connectivity index (χ3n) is 2.46. The molecule has 0 saturated carbocycles. The van der Waals surface area contributed by atoms with Gasteiger partial charge >= 0.3 is 0 Å². The zero-order valence-electron chi connectivity index (χ0n) is 7.96. The van der Waals surface area contributed by atoms with Gasteiger partial charge in [0.2, 0.25) is 0 Å². The lowest BCUT2D eigenvalue weighted by atomic mass is 9.93. The molecule has 1 N–H and O–H groups in total. The topological polar surface area (TPSA) is 35.8 Å². The molecule has 14 heavy (non-hydrogen) atoms. The number of fused-ring (bicyclic) bond motifs is 1. The van der Waals surface area contributed by atoms with Crippen LogP contribution in [-0.4, -0.2) is 29.4 Å². The molecule has 0 spiro atoms. The summed E-state index contributed by atoms with van der Waals surface area (Å²) in [5.74, 6) is 0. The minimum Gasteiger partial charge on any atom is -0.411 e. The Kier molecular flexibility index (Phi) is 2.23. The van der Waals surface area contributed by atoms with E-state index in [0.29, 0.717) is 0 Å². The first kappa shape index (κ1) is 8.81. The Morgan fingerprint density at radius 1 is 1.43 bits per heavy atom. The van der Waals surface area contributed by atoms with E-state index < -0.39 is 0 Å². The van der Waals surface area contributed by atoms with E-state index in [0.717, 1.165) is 11.1 Å². The van der Waals surface area contributed by atoms with Crippen molar-refractivity contribution in [2.24, 2.45) is 5.16 Å². The fraction of sp³-hybridized carbons (Fsp3) is 0.182. The molecule has 0 aromatic rings. The summed E-state index contributed by atoms with van der Waals surface area (Å²) in [7, 11) is 2.03. The minimum atomic E-state index is 0.262. The molecule has 2 rings (SSSR count). The maximum atomic E-state index is 8.52. The van der Waals surface area contributed by atoms with Crippen molar-refractivity contribution in [3.8, 4) is 0 Å². The Balaban J connectivity index is 2.44. The number of allylic oxidation sites excluding steroid dienone is 4. The van der Waals surface area contributed by atoms with E-state index in [1.54, 1.807) is 0 Å². The molecule has 0 saturated heterocycles. The van der Waals surface area contributed by atoms with Gasteiger partial charge in [-0.1, -0.05) is 29.5 Å². The van der Waals surface area contributed by atoms with E-state index in [-0.39, 0.29) is 6.04 Å². The van der Waals surface area contributed by atoms with Crippen molar-refractivity contribution >= 4 is 6.21 Å². The minimum absolute atomic E-state index is 0.262. The van der Waals surface area contributed by atoms with E-state index in [4.69, 9.17) is 5.21 Å². The van der Waals surface area contributed by atoms with Gasteiger partial charge in [-0.3, -0.25) is 0 Å². The highest BCUT2D eigenvalue weighted by Gasteiger charge is 2.19. The van der Waals surface area contributed by atoms with Crippen LogP contribution < -0.4 is 0 Å². The number of hydrogen-bond acceptors (Lipinski definition) is 3. The summed E-state index contributed by atoms with van der Waals surface area (Å²) in [6.45, 7) is 0. The summed E-state index contributed by atoms with van der Waals surface area (Å²) in [5.41, 5.74) is 2.12. The van der Waals surface area contributed by atoms with Gasteiger partial charge in [-0.15, -0.1) is 0 Å². The van der Waals surface area contributed by atoms with Gasteiger partial charge in [0.25, 0.3) is 0 Å². The Morgan fingerprint density at radius 3 is 3.07 bits per heavy atom. The van der Waals surface area contributed by atoms with Crippen LogP contribution in [0.3, 0.4) is 0 Å². The second-order valence-electron chi connectivity index (χ2n) is 3.33. The average molecular weight is 188 g/mol. The highest BCUT2D eigenvalue weighted by Crippen LogP contribution is 2.24. The average Bonchev–Trinajstić information content (AvgIpc) is 2.23. The first-order valence-corrected chi connectivity index (χ1v) is 4.49. The fourth-order valence-electron chi connectivity index (χ4n) is 1.72. The zero-order valence-corrected chi connectivity index (χ0v) is 7.96. The SMILES string of the molecule is CN1C=CC(/C=N/O)=C2C=CC=CC21. The molecule has 0 fully saturated rings. The van der Waals surface area contributed by atoms with Crippen molar-refractivity contribution in [1.29, 1.82) is 0 Å². The quantitative estimate of drug-likeness (QED) is 0.386. The van der Waals surface area contributed by atoms with E-state index in [9.17, 15) is 0 Å². The van der Waals surface area contributed by atoms with Crippen LogP contribution in [0, 0.1) is 0 Å². The molecule has 2 aliphatic rings. The molecular weight excluding hydrogens is 176 g/mol. The summed E-state index contributed by atoms with van der Waals surface area (Å²) in [6.07, 6.45) is 13.6. The smallest absolute Gasteiger partial charge is 0.0738 e. The summed E-state index contributed by atoms with van der Waals surface area (Å²) < 4.78 is 0. The van der Waals surface area contributed by atoms with Crippen LogP contribution in [0.4, 0.5) is 0 Å². The van der Waals surface area contributed by atoms with E-state index in [1.165, 1.54) is 6.21 Å². The lowest BCUT2D eigenvalue weighted by Gasteiger charge is -2.30. The van der Waals surface area contributed by atoms with Crippen molar-refractivity contribution in [2.45, 2.75) is 6.04 Å². The van der Waals surface area contributed by atoms with Crippen molar-refractivity contribution < 1.29 is 5.21 Å². The standard InChI is InChI=1S/C11H12N2O/c1-13-7-6-9(8-12-14)10-4-2-3-5-11(10)13/h2-8,11,14H,1H3/b12-8+. The van der Waals surface area contributed by atoms with Gasteiger partial charge in [-0.2, -0.15) is 0 Å². The molecule has 0 amide bonds. The molecule has 1 heterocycles. The molecule has 1 aliphatic carbocycles. The van der Waals surface area contributed by atoms with Gasteiger partial charge in [0.1, 0.15) is 0 Å². The number of hydrogen-bond donors (Lipinski definition) is 1. The van der Waals surface area contributed by atoms with Crippen molar-refractivity contribution in [2.75, 3.05) is 7.05 Å². The van der Waals surface area contributed by atoms with Gasteiger partial charge in [-0.05, 0) is 11.6 Å². The molecular formula is C11H12N2O. The van der Waals surface area contributed by atoms with E-state index in [1.807, 2.05) is 37.6 Å². The van der Waals surface area contributed by atoms with Crippen LogP contribution in [0.15, 0.2) is 52.9 Å². The van der Waals surface area contributed by atoms with Crippen LogP contribution in [0.1, 0.15) is 0 Å². The number of oxime groups is 1. The Bertz CT molecular complexity index is 375. The summed E-state index contributed by atoms with van der Waals surface area (Å²) in [6, 6.07) is 0.262. The summed E-state index contributed by atoms with van der Waals surface area (Å²) in [4.78, 5) is 2.12. The second kappa shape index (κ2) is 3.54. The fourth-order valence-corrected chi connectivity index (χ4v) is 1.72. The zero-order chi connectivity index (χ0) is 9.97.